The number of carbonyl (C=O) groups is 1. The first-order valence-electron chi connectivity index (χ1n) is 3.55. The number of nitrogens with zero attached hydrogens (tertiary/aromatic N) is 1. The molecule has 0 unspecified atom stereocenters. The number of hydrogen-bond donors (Lipinski definition) is 3. The van der Waals surface area contributed by atoms with E-state index in [9.17, 15) is 0 Å². The summed E-state index contributed by atoms with van der Waals surface area (Å²) in [5.74, 6) is -1.44. The summed E-state index contributed by atoms with van der Waals surface area (Å²) in [6.45, 7) is 0.226. The molecule has 0 radical (unpaired) electrons. The number of hydrogen-bond acceptors (Lipinski definition) is 5. The Morgan fingerprint density at radius 1 is 1.31 bits per heavy atom. The molecule has 0 fully saturated rings. The van der Waals surface area contributed by atoms with Crippen molar-refractivity contribution in [2.75, 3.05) is 40.9 Å². The molecule has 13 heavy (non-hydrogen) atoms. The molecule has 0 aromatic carbocycles. The number of quaternary nitrogens is 1. The van der Waals surface area contributed by atoms with Crippen LogP contribution in [-0.2, 0) is 4.79 Å². The highest BCUT2D eigenvalue weighted by Crippen LogP contribution is 1.84. The largest absolute Gasteiger partial charge is 0.548 e. The van der Waals surface area contributed by atoms with Crippen LogP contribution in [0.15, 0.2) is 0 Å². The summed E-state index contributed by atoms with van der Waals surface area (Å²) in [5, 5.41) is 24.9. The molecule has 0 amide bonds. The molecule has 5 N–H and O–H groups in total. The lowest BCUT2D eigenvalue weighted by Gasteiger charge is -2.21. The van der Waals surface area contributed by atoms with E-state index in [2.05, 4.69) is 21.1 Å². The summed E-state index contributed by atoms with van der Waals surface area (Å²) in [7, 11) is 6.16. The number of carboxylic acid groups (broad SMARTS) is 1. The smallest absolute Gasteiger partial charge is 0.101 e. The van der Waals surface area contributed by atoms with Crippen molar-refractivity contribution in [1.29, 1.82) is 0 Å². The van der Waals surface area contributed by atoms with Gasteiger partial charge in [-0.05, 0) is 0 Å². The molecular weight excluding hydrogens is 176 g/mol. The van der Waals surface area contributed by atoms with Crippen LogP contribution in [-0.4, -0.2) is 61.6 Å². The van der Waals surface area contributed by atoms with E-state index in [1.54, 1.807) is 0 Å². The predicted octanol–water partition coefficient (Wildman–Crippen LogP) is -2.42. The van der Waals surface area contributed by atoms with E-state index in [0.29, 0.717) is 0 Å². The minimum Gasteiger partial charge on any atom is -0.548 e. The second-order valence-corrected chi connectivity index (χ2v) is 3.27. The van der Waals surface area contributed by atoms with Gasteiger partial charge in [0.15, 0.2) is 0 Å². The lowest BCUT2D eigenvalue weighted by atomic mass is 10.5. The number of carboxylic acids is 1. The van der Waals surface area contributed by atoms with Crippen molar-refractivity contribution >= 4 is 5.97 Å². The Kier molecular flexibility index (Phi) is 13.1. The molecule has 0 heterocycles. The van der Waals surface area contributed by atoms with Crippen LogP contribution < -0.4 is 11.3 Å². The number of aliphatic hydroxyl groups is 2. The first-order valence-corrected chi connectivity index (χ1v) is 3.55. The molecule has 82 valence electrons. The molecular formula is C7H20N2O4. The fourth-order valence-corrected chi connectivity index (χ4v) is 0.300. The summed E-state index contributed by atoms with van der Waals surface area (Å²) >= 11 is 0. The van der Waals surface area contributed by atoms with E-state index in [4.69, 9.17) is 20.1 Å². The lowest BCUT2D eigenvalue weighted by molar-refractivity contribution is -0.870. The van der Waals surface area contributed by atoms with Gasteiger partial charge >= 0.3 is 0 Å². The van der Waals surface area contributed by atoms with E-state index < -0.39 is 12.6 Å². The van der Waals surface area contributed by atoms with Crippen molar-refractivity contribution in [3.05, 3.63) is 0 Å². The van der Waals surface area contributed by atoms with Crippen molar-refractivity contribution in [2.45, 2.75) is 0 Å². The Labute approximate surface area is 78.6 Å². The van der Waals surface area contributed by atoms with Gasteiger partial charge in [-0.3, -0.25) is 0 Å². The van der Waals surface area contributed by atoms with Gasteiger partial charge in [-0.15, -0.1) is 0 Å². The fraction of sp³-hybridized carbons (Fsp3) is 0.857. The molecule has 0 atom stereocenters. The lowest BCUT2D eigenvalue weighted by Crippen LogP contribution is -2.36. The number of carbonyl (C=O) groups excluding carboxylic acids is 1. The summed E-state index contributed by atoms with van der Waals surface area (Å²) in [4.78, 5) is 9.01. The predicted molar refractivity (Wildman–Crippen MR) is 47.1 cm³/mol. The highest BCUT2D eigenvalue weighted by molar-refractivity contribution is 5.65. The van der Waals surface area contributed by atoms with Gasteiger partial charge in [0.1, 0.15) is 6.54 Å². The van der Waals surface area contributed by atoms with Gasteiger partial charge in [-0.2, -0.15) is 0 Å². The molecule has 0 aromatic rings. The Bertz CT molecular complexity index is 122. The highest BCUT2D eigenvalue weighted by atomic mass is 16.4. The fourth-order valence-electron chi connectivity index (χ4n) is 0.300. The Morgan fingerprint density at radius 3 is 1.62 bits per heavy atom. The van der Waals surface area contributed by atoms with Crippen molar-refractivity contribution in [3.63, 3.8) is 0 Å². The summed E-state index contributed by atoms with van der Waals surface area (Å²) in [5.41, 5.74) is 0. The summed E-state index contributed by atoms with van der Waals surface area (Å²) in [6.07, 6.45) is 0. The molecule has 0 aliphatic carbocycles. The molecule has 6 heteroatoms. The third kappa shape index (κ3) is 34.8. The van der Waals surface area contributed by atoms with Crippen molar-refractivity contribution in [2.24, 2.45) is 0 Å². The van der Waals surface area contributed by atoms with Gasteiger partial charge in [-0.25, -0.2) is 0 Å². The Hall–Kier alpha value is -0.690. The average molecular weight is 196 g/mol. The van der Waals surface area contributed by atoms with Crippen LogP contribution in [0.25, 0.3) is 0 Å². The summed E-state index contributed by atoms with van der Waals surface area (Å²) < 4.78 is 0.844. The average Bonchev–Trinajstić information content (AvgIpc) is 1.86. The van der Waals surface area contributed by atoms with Crippen LogP contribution in [0.5, 0.6) is 0 Å². The molecule has 0 rings (SSSR count). The normalized spacial score (nSPS) is 9.31. The minimum atomic E-state index is -1.44. The number of rotatable bonds is 3. The van der Waals surface area contributed by atoms with Crippen molar-refractivity contribution < 1.29 is 24.6 Å². The van der Waals surface area contributed by atoms with E-state index in [0.717, 1.165) is 11.0 Å². The third-order valence-electron chi connectivity index (χ3n) is 0.900. The van der Waals surface area contributed by atoms with E-state index >= 15 is 0 Å². The molecule has 0 bridgehead atoms. The zero-order valence-electron chi connectivity index (χ0n) is 8.49. The van der Waals surface area contributed by atoms with Gasteiger partial charge in [0.2, 0.25) is 0 Å². The Morgan fingerprint density at radius 2 is 1.62 bits per heavy atom. The maximum absolute atomic E-state index is 9.01. The van der Waals surface area contributed by atoms with Crippen LogP contribution in [0.2, 0.25) is 0 Å². The topological polar surface area (TPSA) is 116 Å². The number of aliphatic hydroxyl groups excluding tert-OH is 2. The zero-order chi connectivity index (χ0) is 10.2. The number of aliphatic carboxylic acids is 1. The minimum absolute atomic E-state index is 0. The van der Waals surface area contributed by atoms with Gasteiger partial charge < -0.3 is 30.7 Å². The second-order valence-electron chi connectivity index (χ2n) is 3.27. The first kappa shape index (κ1) is 18.2. The highest BCUT2D eigenvalue weighted by Gasteiger charge is 2.02. The standard InChI is InChI=1S/C5H14NO.C2H4O3.H3N/c1-6(2,3)4-5-7;3-1-2(4)5;/h7H,4-5H2,1-3H3;3H,1H2,(H,4,5);1H3/q+1;;/p-1. The van der Waals surface area contributed by atoms with Crippen LogP contribution in [0, 0.1) is 0 Å². The maximum atomic E-state index is 9.01. The van der Waals surface area contributed by atoms with Crippen molar-refractivity contribution in [1.82, 2.24) is 6.15 Å². The zero-order valence-corrected chi connectivity index (χ0v) is 8.49. The second kappa shape index (κ2) is 9.40. The molecule has 0 spiro atoms. The molecule has 0 aliphatic heterocycles. The monoisotopic (exact) mass is 196 g/mol. The quantitative estimate of drug-likeness (QED) is 0.434. The number of likely N-dealkylation sites (N-methyl/N-ethyl adjacent to an activating group) is 1. The first-order chi connectivity index (χ1) is 5.33. The van der Waals surface area contributed by atoms with E-state index in [1.165, 1.54) is 0 Å². The van der Waals surface area contributed by atoms with Crippen LogP contribution >= 0.6 is 0 Å². The summed E-state index contributed by atoms with van der Waals surface area (Å²) in [6, 6.07) is 0. The molecule has 0 aromatic heterocycles. The van der Waals surface area contributed by atoms with Crippen LogP contribution in [0.4, 0.5) is 0 Å². The maximum Gasteiger partial charge on any atom is 0.101 e. The molecule has 0 saturated heterocycles. The SMILES string of the molecule is C[N+](C)(C)CCO.N.O=C([O-])CO. The third-order valence-corrected chi connectivity index (χ3v) is 0.900. The van der Waals surface area contributed by atoms with Crippen molar-refractivity contribution in [3.8, 4) is 0 Å². The molecule has 6 nitrogen and oxygen atoms in total. The molecule has 0 aliphatic rings. The van der Waals surface area contributed by atoms with Gasteiger partial charge in [0.25, 0.3) is 0 Å². The van der Waals surface area contributed by atoms with E-state index in [-0.39, 0.29) is 12.8 Å². The van der Waals surface area contributed by atoms with Gasteiger partial charge in [-0.1, -0.05) is 0 Å². The van der Waals surface area contributed by atoms with Crippen LogP contribution in [0.1, 0.15) is 0 Å². The molecule has 0 saturated carbocycles. The van der Waals surface area contributed by atoms with E-state index in [1.807, 2.05) is 0 Å². The van der Waals surface area contributed by atoms with Gasteiger partial charge in [0, 0.05) is 0 Å². The Balaban J connectivity index is -0.000000150. The van der Waals surface area contributed by atoms with Crippen LogP contribution in [0.3, 0.4) is 0 Å². The van der Waals surface area contributed by atoms with Gasteiger partial charge in [0.05, 0.1) is 40.3 Å².